The summed E-state index contributed by atoms with van der Waals surface area (Å²) in [7, 11) is 0. The lowest BCUT2D eigenvalue weighted by Gasteiger charge is -2.35. The van der Waals surface area contributed by atoms with E-state index in [4.69, 9.17) is 0 Å². The fourth-order valence-electron chi connectivity index (χ4n) is 5.41. The number of hydrogen-bond acceptors (Lipinski definition) is 3. The highest BCUT2D eigenvalue weighted by molar-refractivity contribution is 5.77. The summed E-state index contributed by atoms with van der Waals surface area (Å²) in [6.45, 7) is 2.18. The van der Waals surface area contributed by atoms with Gasteiger partial charge in [-0.05, 0) is 85.8 Å². The van der Waals surface area contributed by atoms with Crippen LogP contribution in [0.3, 0.4) is 0 Å². The van der Waals surface area contributed by atoms with Crippen molar-refractivity contribution in [3.63, 3.8) is 0 Å². The van der Waals surface area contributed by atoms with Gasteiger partial charge in [0.15, 0.2) is 0 Å². The smallest absolute Gasteiger partial charge is 0.146 e. The van der Waals surface area contributed by atoms with Crippen molar-refractivity contribution in [3.8, 4) is 0 Å². The summed E-state index contributed by atoms with van der Waals surface area (Å²) in [6, 6.07) is 0. The standard InChI is InChI=1S/C22H34O3/c1-2-3-4-8-18(24)9-10-19-21-11-15-6-5-7-16(14-23)20(15)12-17(21)13-22(19)25/h6,14,17-19,21-22,24-25H,2-5,7-13H2,1H3/t17?,18?,19?,21?,22-/m1/s1. The molecule has 25 heavy (non-hydrogen) atoms. The molecule has 2 fully saturated rings. The van der Waals surface area contributed by atoms with Gasteiger partial charge in [0.2, 0.25) is 0 Å². The minimum absolute atomic E-state index is 0.215. The summed E-state index contributed by atoms with van der Waals surface area (Å²) in [5, 5.41) is 20.8. The van der Waals surface area contributed by atoms with Crippen molar-refractivity contribution in [1.29, 1.82) is 0 Å². The highest BCUT2D eigenvalue weighted by Gasteiger charge is 2.45. The van der Waals surface area contributed by atoms with E-state index in [0.29, 0.717) is 17.8 Å². The fourth-order valence-corrected chi connectivity index (χ4v) is 5.41. The monoisotopic (exact) mass is 346 g/mol. The molecule has 5 atom stereocenters. The number of aliphatic hydroxyl groups excluding tert-OH is 2. The van der Waals surface area contributed by atoms with E-state index in [1.807, 2.05) is 0 Å². The molecule has 0 amide bonds. The van der Waals surface area contributed by atoms with E-state index in [1.54, 1.807) is 0 Å². The van der Waals surface area contributed by atoms with Gasteiger partial charge in [0.05, 0.1) is 12.2 Å². The van der Waals surface area contributed by atoms with Crippen LogP contribution in [0.1, 0.15) is 77.6 Å². The molecule has 0 aromatic carbocycles. The Balaban J connectivity index is 1.60. The molecule has 0 radical (unpaired) electrons. The SMILES string of the molecule is CCCCCC(O)CCC1C2CC3=CCCC(C=O)=C3CC2C[C@H]1O. The summed E-state index contributed by atoms with van der Waals surface area (Å²) >= 11 is 0. The lowest BCUT2D eigenvalue weighted by atomic mass is 9.69. The molecule has 0 heterocycles. The Labute approximate surface area is 152 Å². The van der Waals surface area contributed by atoms with Crippen LogP contribution in [0.2, 0.25) is 0 Å². The van der Waals surface area contributed by atoms with Crippen LogP contribution in [0.5, 0.6) is 0 Å². The van der Waals surface area contributed by atoms with E-state index < -0.39 is 0 Å². The third kappa shape index (κ3) is 4.25. The Bertz CT molecular complexity index is 533. The third-order valence-corrected chi connectivity index (χ3v) is 6.81. The number of aliphatic hydroxyl groups is 2. The Morgan fingerprint density at radius 1 is 1.28 bits per heavy atom. The molecule has 2 N–H and O–H groups in total. The van der Waals surface area contributed by atoms with Gasteiger partial charge in [-0.15, -0.1) is 0 Å². The second kappa shape index (κ2) is 8.64. The van der Waals surface area contributed by atoms with Gasteiger partial charge in [-0.1, -0.05) is 32.3 Å². The normalized spacial score (nSPS) is 32.8. The zero-order valence-electron chi connectivity index (χ0n) is 15.6. The molecule has 4 unspecified atom stereocenters. The number of carbonyl (C=O) groups excluding carboxylic acids is 1. The molecular formula is C22H34O3. The molecule has 3 nitrogen and oxygen atoms in total. The molecule has 0 bridgehead atoms. The maximum atomic E-state index is 11.4. The highest BCUT2D eigenvalue weighted by atomic mass is 16.3. The van der Waals surface area contributed by atoms with Crippen molar-refractivity contribution in [1.82, 2.24) is 0 Å². The van der Waals surface area contributed by atoms with Gasteiger partial charge < -0.3 is 10.2 Å². The average molecular weight is 347 g/mol. The van der Waals surface area contributed by atoms with Gasteiger partial charge in [0.1, 0.15) is 6.29 Å². The predicted octanol–water partition coefficient (Wildman–Crippen LogP) is 4.33. The molecule has 0 spiro atoms. The zero-order valence-corrected chi connectivity index (χ0v) is 15.6. The van der Waals surface area contributed by atoms with E-state index in [9.17, 15) is 15.0 Å². The van der Waals surface area contributed by atoms with Crippen LogP contribution in [0.4, 0.5) is 0 Å². The molecule has 3 aliphatic rings. The minimum Gasteiger partial charge on any atom is -0.393 e. The topological polar surface area (TPSA) is 57.5 Å². The first-order chi connectivity index (χ1) is 12.1. The molecule has 3 aliphatic carbocycles. The van der Waals surface area contributed by atoms with E-state index >= 15 is 0 Å². The second-order valence-electron chi connectivity index (χ2n) is 8.42. The van der Waals surface area contributed by atoms with Crippen LogP contribution < -0.4 is 0 Å². The van der Waals surface area contributed by atoms with Gasteiger partial charge >= 0.3 is 0 Å². The van der Waals surface area contributed by atoms with Gasteiger partial charge in [0.25, 0.3) is 0 Å². The van der Waals surface area contributed by atoms with E-state index in [0.717, 1.165) is 69.6 Å². The molecule has 2 saturated carbocycles. The lowest BCUT2D eigenvalue weighted by Crippen LogP contribution is -2.26. The van der Waals surface area contributed by atoms with Crippen molar-refractivity contribution in [3.05, 3.63) is 22.8 Å². The number of hydrogen-bond donors (Lipinski definition) is 2. The maximum absolute atomic E-state index is 11.4. The Morgan fingerprint density at radius 3 is 2.88 bits per heavy atom. The Morgan fingerprint density at radius 2 is 2.12 bits per heavy atom. The zero-order chi connectivity index (χ0) is 17.8. The summed E-state index contributed by atoms with van der Waals surface area (Å²) in [4.78, 5) is 11.4. The van der Waals surface area contributed by atoms with Crippen molar-refractivity contribution >= 4 is 6.29 Å². The van der Waals surface area contributed by atoms with Crippen molar-refractivity contribution in [2.24, 2.45) is 17.8 Å². The Hall–Kier alpha value is -0.930. The van der Waals surface area contributed by atoms with Gasteiger partial charge in [-0.3, -0.25) is 4.79 Å². The number of fused-ring (bicyclic) bond motifs is 2. The van der Waals surface area contributed by atoms with Crippen LogP contribution in [-0.4, -0.2) is 28.7 Å². The first-order valence-electron chi connectivity index (χ1n) is 10.4. The van der Waals surface area contributed by atoms with E-state index in [-0.39, 0.29) is 12.2 Å². The maximum Gasteiger partial charge on any atom is 0.146 e. The minimum atomic E-state index is -0.237. The first-order valence-corrected chi connectivity index (χ1v) is 10.4. The van der Waals surface area contributed by atoms with Crippen LogP contribution in [0, 0.1) is 17.8 Å². The molecular weight excluding hydrogens is 312 g/mol. The largest absolute Gasteiger partial charge is 0.393 e. The summed E-state index contributed by atoms with van der Waals surface area (Å²) < 4.78 is 0. The number of aldehydes is 1. The van der Waals surface area contributed by atoms with Crippen molar-refractivity contribution in [2.75, 3.05) is 0 Å². The summed E-state index contributed by atoms with van der Waals surface area (Å²) in [5.41, 5.74) is 3.66. The van der Waals surface area contributed by atoms with E-state index in [2.05, 4.69) is 13.0 Å². The molecule has 3 rings (SSSR count). The Kier molecular flexibility index (Phi) is 6.51. The van der Waals surface area contributed by atoms with E-state index in [1.165, 1.54) is 24.0 Å². The van der Waals surface area contributed by atoms with Crippen LogP contribution in [-0.2, 0) is 4.79 Å². The summed E-state index contributed by atoms with van der Waals surface area (Å²) in [6.07, 6.45) is 13.8. The van der Waals surface area contributed by atoms with Crippen LogP contribution in [0.15, 0.2) is 22.8 Å². The van der Waals surface area contributed by atoms with Crippen LogP contribution >= 0.6 is 0 Å². The molecule has 0 saturated heterocycles. The van der Waals surface area contributed by atoms with Crippen molar-refractivity contribution in [2.45, 2.75) is 89.8 Å². The average Bonchev–Trinajstić information content (AvgIpc) is 2.92. The second-order valence-corrected chi connectivity index (χ2v) is 8.42. The molecule has 0 aromatic rings. The molecule has 0 aromatic heterocycles. The first kappa shape index (κ1) is 18.8. The summed E-state index contributed by atoms with van der Waals surface area (Å²) in [5.74, 6) is 1.35. The van der Waals surface area contributed by atoms with Gasteiger partial charge in [0, 0.05) is 0 Å². The quantitative estimate of drug-likeness (QED) is 0.508. The van der Waals surface area contributed by atoms with Gasteiger partial charge in [-0.25, -0.2) is 0 Å². The van der Waals surface area contributed by atoms with Crippen LogP contribution in [0.25, 0.3) is 0 Å². The third-order valence-electron chi connectivity index (χ3n) is 6.81. The highest BCUT2D eigenvalue weighted by Crippen LogP contribution is 2.52. The molecule has 0 aliphatic heterocycles. The number of carbonyl (C=O) groups is 1. The predicted molar refractivity (Wildman–Crippen MR) is 100 cm³/mol. The number of rotatable bonds is 8. The number of allylic oxidation sites excluding steroid dienone is 4. The molecule has 140 valence electrons. The van der Waals surface area contributed by atoms with Crippen molar-refractivity contribution < 1.29 is 15.0 Å². The fraction of sp³-hybridized carbons (Fsp3) is 0.773. The van der Waals surface area contributed by atoms with Gasteiger partial charge in [-0.2, -0.15) is 0 Å². The number of unbranched alkanes of at least 4 members (excludes halogenated alkanes) is 2. The lowest BCUT2D eigenvalue weighted by molar-refractivity contribution is -0.105. The molecule has 3 heteroatoms.